The lowest BCUT2D eigenvalue weighted by atomic mass is 10.1. The number of methoxy groups -OCH3 is 1. The summed E-state index contributed by atoms with van der Waals surface area (Å²) in [6, 6.07) is 15.2. The van der Waals surface area contributed by atoms with Crippen LogP contribution in [0.1, 0.15) is 10.4 Å². The lowest BCUT2D eigenvalue weighted by Gasteiger charge is -2.09. The first-order valence-electron chi connectivity index (χ1n) is 8.09. The van der Waals surface area contributed by atoms with Gasteiger partial charge in [-0.15, -0.1) is 11.3 Å². The molecular weight excluding hydrogens is 426 g/mol. The van der Waals surface area contributed by atoms with E-state index in [9.17, 15) is 4.79 Å². The Kier molecular flexibility index (Phi) is 4.87. The van der Waals surface area contributed by atoms with Crippen molar-refractivity contribution in [2.45, 2.75) is 0 Å². The molecule has 0 bridgehead atoms. The highest BCUT2D eigenvalue weighted by atomic mass is 79.9. The van der Waals surface area contributed by atoms with Gasteiger partial charge in [0.1, 0.15) is 17.0 Å². The van der Waals surface area contributed by atoms with E-state index in [0.717, 1.165) is 37.3 Å². The maximum Gasteiger partial charge on any atom is 0.337 e. The van der Waals surface area contributed by atoms with Crippen LogP contribution in [-0.4, -0.2) is 23.0 Å². The van der Waals surface area contributed by atoms with Gasteiger partial charge in [-0.1, -0.05) is 28.1 Å². The Hall–Kier alpha value is -2.77. The third-order valence-electron chi connectivity index (χ3n) is 4.09. The number of carbonyl (C=O) groups excluding carboxylic acids is 1. The van der Waals surface area contributed by atoms with Crippen molar-refractivity contribution in [1.29, 1.82) is 0 Å². The van der Waals surface area contributed by atoms with Crippen molar-refractivity contribution in [3.63, 3.8) is 0 Å². The van der Waals surface area contributed by atoms with Crippen LogP contribution in [0, 0.1) is 0 Å². The predicted molar refractivity (Wildman–Crippen MR) is 112 cm³/mol. The van der Waals surface area contributed by atoms with Gasteiger partial charge in [0.25, 0.3) is 0 Å². The third kappa shape index (κ3) is 3.56. The highest BCUT2D eigenvalue weighted by molar-refractivity contribution is 9.10. The Morgan fingerprint density at radius 1 is 1.07 bits per heavy atom. The molecule has 0 spiro atoms. The second-order valence-corrected chi connectivity index (χ2v) is 7.53. The molecule has 5 nitrogen and oxygen atoms in total. The molecule has 4 aromatic rings. The first kappa shape index (κ1) is 17.6. The molecule has 1 N–H and O–H groups in total. The van der Waals surface area contributed by atoms with E-state index < -0.39 is 0 Å². The van der Waals surface area contributed by atoms with Gasteiger partial charge in [0.15, 0.2) is 0 Å². The van der Waals surface area contributed by atoms with Crippen LogP contribution in [0.4, 0.5) is 11.5 Å². The molecule has 0 atom stereocenters. The monoisotopic (exact) mass is 439 g/mol. The summed E-state index contributed by atoms with van der Waals surface area (Å²) in [5, 5.41) is 6.40. The van der Waals surface area contributed by atoms with Gasteiger partial charge in [-0.3, -0.25) is 0 Å². The molecule has 0 aliphatic carbocycles. The summed E-state index contributed by atoms with van der Waals surface area (Å²) in [6.07, 6.45) is 1.55. The van der Waals surface area contributed by atoms with Crippen molar-refractivity contribution in [3.8, 4) is 11.1 Å². The summed E-state index contributed by atoms with van der Waals surface area (Å²) in [6.45, 7) is 0. The highest BCUT2D eigenvalue weighted by Gasteiger charge is 2.13. The summed E-state index contributed by atoms with van der Waals surface area (Å²) in [5.74, 6) is 0.367. The fourth-order valence-corrected chi connectivity index (χ4v) is 3.94. The summed E-state index contributed by atoms with van der Waals surface area (Å²) >= 11 is 5.05. The molecule has 2 aromatic heterocycles. The van der Waals surface area contributed by atoms with Crippen LogP contribution in [-0.2, 0) is 4.74 Å². The lowest BCUT2D eigenvalue weighted by Crippen LogP contribution is -2.01. The van der Waals surface area contributed by atoms with Crippen molar-refractivity contribution in [2.24, 2.45) is 0 Å². The van der Waals surface area contributed by atoms with Gasteiger partial charge in [-0.2, -0.15) is 0 Å². The van der Waals surface area contributed by atoms with Gasteiger partial charge >= 0.3 is 5.97 Å². The van der Waals surface area contributed by atoms with E-state index in [-0.39, 0.29) is 5.97 Å². The van der Waals surface area contributed by atoms with Crippen LogP contribution in [0.3, 0.4) is 0 Å². The number of anilines is 2. The molecule has 4 rings (SSSR count). The largest absolute Gasteiger partial charge is 0.465 e. The minimum absolute atomic E-state index is 0.360. The fraction of sp³-hybridized carbons (Fsp3) is 0.0500. The SMILES string of the molecule is COC(=O)c1ccc(Nc2ncnc3scc(-c4ccc(Br)cc4)c23)cc1. The quantitative estimate of drug-likeness (QED) is 0.416. The number of thiophene rings is 1. The van der Waals surface area contributed by atoms with Gasteiger partial charge < -0.3 is 10.1 Å². The Balaban J connectivity index is 1.73. The van der Waals surface area contributed by atoms with Gasteiger partial charge in [0.05, 0.1) is 18.1 Å². The number of carbonyl (C=O) groups is 1. The predicted octanol–water partition coefficient (Wildman–Crippen LogP) is 5.65. The van der Waals surface area contributed by atoms with Crippen LogP contribution >= 0.6 is 27.3 Å². The molecule has 0 saturated heterocycles. The molecule has 27 heavy (non-hydrogen) atoms. The maximum absolute atomic E-state index is 11.6. The van der Waals surface area contributed by atoms with Gasteiger partial charge in [-0.05, 0) is 42.0 Å². The molecular formula is C20H14BrN3O2S. The van der Waals surface area contributed by atoms with Crippen molar-refractivity contribution in [3.05, 3.63) is 70.3 Å². The molecule has 0 amide bonds. The smallest absolute Gasteiger partial charge is 0.337 e. The summed E-state index contributed by atoms with van der Waals surface area (Å²) in [4.78, 5) is 21.3. The normalized spacial score (nSPS) is 10.7. The average molecular weight is 440 g/mol. The molecule has 2 aromatic carbocycles. The van der Waals surface area contributed by atoms with Crippen LogP contribution in [0.2, 0.25) is 0 Å². The van der Waals surface area contributed by atoms with Gasteiger partial charge in [0.2, 0.25) is 0 Å². The number of benzene rings is 2. The number of nitrogens with zero attached hydrogens (tertiary/aromatic N) is 2. The number of aromatic nitrogens is 2. The lowest BCUT2D eigenvalue weighted by molar-refractivity contribution is 0.0601. The van der Waals surface area contributed by atoms with Crippen LogP contribution < -0.4 is 5.32 Å². The summed E-state index contributed by atoms with van der Waals surface area (Å²) < 4.78 is 5.77. The number of ether oxygens (including phenoxy) is 1. The van der Waals surface area contributed by atoms with E-state index in [0.29, 0.717) is 5.56 Å². The van der Waals surface area contributed by atoms with E-state index in [1.807, 2.05) is 24.3 Å². The Morgan fingerprint density at radius 2 is 1.81 bits per heavy atom. The van der Waals surface area contributed by atoms with Gasteiger partial charge in [0, 0.05) is 21.1 Å². The minimum atomic E-state index is -0.360. The van der Waals surface area contributed by atoms with Crippen LogP contribution in [0.5, 0.6) is 0 Å². The Labute approximate surface area is 168 Å². The molecule has 2 heterocycles. The fourth-order valence-electron chi connectivity index (χ4n) is 2.76. The standard InChI is InChI=1S/C20H14BrN3O2S/c1-26-20(25)13-4-8-15(9-5-13)24-18-17-16(10-27-19(17)23-11-22-18)12-2-6-14(21)7-3-12/h2-11H,1H3,(H,22,23,24). The number of rotatable bonds is 4. The van der Waals surface area contributed by atoms with E-state index in [1.165, 1.54) is 7.11 Å². The molecule has 0 saturated carbocycles. The zero-order valence-electron chi connectivity index (χ0n) is 14.3. The van der Waals surface area contributed by atoms with Crippen molar-refractivity contribution in [2.75, 3.05) is 12.4 Å². The zero-order chi connectivity index (χ0) is 18.8. The summed E-state index contributed by atoms with van der Waals surface area (Å²) in [7, 11) is 1.37. The number of hydrogen-bond acceptors (Lipinski definition) is 6. The minimum Gasteiger partial charge on any atom is -0.465 e. The number of esters is 1. The van der Waals surface area contributed by atoms with Crippen LogP contribution in [0.25, 0.3) is 21.3 Å². The molecule has 0 aliphatic rings. The Morgan fingerprint density at radius 3 is 2.52 bits per heavy atom. The second kappa shape index (κ2) is 7.46. The zero-order valence-corrected chi connectivity index (χ0v) is 16.7. The van der Waals surface area contributed by atoms with Crippen molar-refractivity contribution >= 4 is 55.0 Å². The first-order chi connectivity index (χ1) is 13.2. The molecule has 0 fully saturated rings. The van der Waals surface area contributed by atoms with Crippen molar-refractivity contribution < 1.29 is 9.53 Å². The maximum atomic E-state index is 11.6. The topological polar surface area (TPSA) is 64.1 Å². The Bertz CT molecular complexity index is 1110. The number of hydrogen-bond donors (Lipinski definition) is 1. The third-order valence-corrected chi connectivity index (χ3v) is 5.51. The van der Waals surface area contributed by atoms with Crippen LogP contribution in [0.15, 0.2) is 64.7 Å². The number of fused-ring (bicyclic) bond motifs is 1. The number of nitrogens with one attached hydrogen (secondary N) is 1. The first-order valence-corrected chi connectivity index (χ1v) is 9.76. The van der Waals surface area contributed by atoms with E-state index in [1.54, 1.807) is 29.8 Å². The summed E-state index contributed by atoms with van der Waals surface area (Å²) in [5.41, 5.74) is 3.51. The molecule has 134 valence electrons. The number of halogens is 1. The second-order valence-electron chi connectivity index (χ2n) is 5.75. The van der Waals surface area contributed by atoms with Gasteiger partial charge in [-0.25, -0.2) is 14.8 Å². The molecule has 7 heteroatoms. The van der Waals surface area contributed by atoms with Crippen molar-refractivity contribution in [1.82, 2.24) is 9.97 Å². The van der Waals surface area contributed by atoms with E-state index in [4.69, 9.17) is 4.74 Å². The highest BCUT2D eigenvalue weighted by Crippen LogP contribution is 2.37. The molecule has 0 radical (unpaired) electrons. The molecule has 0 aliphatic heterocycles. The van der Waals surface area contributed by atoms with E-state index in [2.05, 4.69) is 48.7 Å². The van der Waals surface area contributed by atoms with E-state index >= 15 is 0 Å². The average Bonchev–Trinajstić information content (AvgIpc) is 3.14. The molecule has 0 unspecified atom stereocenters.